The molecule has 2 rings (SSSR count). The van der Waals surface area contributed by atoms with Gasteiger partial charge in [0.15, 0.2) is 5.78 Å². The topological polar surface area (TPSA) is 42.0 Å². The maximum atomic E-state index is 13.1. The summed E-state index contributed by atoms with van der Waals surface area (Å²) in [6.07, 6.45) is 8.54. The highest BCUT2D eigenvalue weighted by atomic mass is 19.1. The lowest BCUT2D eigenvalue weighted by Crippen LogP contribution is -2.46. The van der Waals surface area contributed by atoms with Gasteiger partial charge in [0, 0.05) is 23.7 Å². The second-order valence-corrected chi connectivity index (χ2v) is 5.08. The fraction of sp³-hybridized carbons (Fsp3) is 0.571. The number of aromatic nitrogens is 1. The Hall–Kier alpha value is -1.29. The highest BCUT2D eigenvalue weighted by molar-refractivity contribution is 5.96. The molecular weight excluding hydrogens is 231 g/mol. The van der Waals surface area contributed by atoms with Gasteiger partial charge in [0.2, 0.25) is 0 Å². The van der Waals surface area contributed by atoms with Crippen LogP contribution in [0.2, 0.25) is 0 Å². The number of hydrogen-bond acceptors (Lipinski definition) is 3. The zero-order valence-corrected chi connectivity index (χ0v) is 10.7. The molecule has 0 aromatic carbocycles. The van der Waals surface area contributed by atoms with Crippen molar-refractivity contribution < 1.29 is 9.18 Å². The number of carbonyl (C=O) groups excluding carboxylic acids is 1. The van der Waals surface area contributed by atoms with E-state index in [-0.39, 0.29) is 11.3 Å². The van der Waals surface area contributed by atoms with Gasteiger partial charge in [-0.05, 0) is 26.0 Å². The van der Waals surface area contributed by atoms with E-state index >= 15 is 0 Å². The van der Waals surface area contributed by atoms with E-state index in [9.17, 15) is 9.18 Å². The summed E-state index contributed by atoms with van der Waals surface area (Å²) in [5, 5.41) is 3.30. The summed E-state index contributed by atoms with van der Waals surface area (Å²) >= 11 is 0. The Morgan fingerprint density at radius 1 is 1.39 bits per heavy atom. The van der Waals surface area contributed by atoms with E-state index in [0.29, 0.717) is 12.0 Å². The number of halogens is 1. The third-order valence-corrected chi connectivity index (χ3v) is 3.87. The molecule has 1 aromatic rings. The predicted molar refractivity (Wildman–Crippen MR) is 68.0 cm³/mol. The summed E-state index contributed by atoms with van der Waals surface area (Å²) in [6, 6.07) is 1.27. The van der Waals surface area contributed by atoms with Gasteiger partial charge in [-0.3, -0.25) is 9.78 Å². The molecule has 0 atom stereocenters. The van der Waals surface area contributed by atoms with Crippen LogP contribution in [0.1, 0.15) is 48.9 Å². The minimum absolute atomic E-state index is 0.0294. The molecule has 0 spiro atoms. The van der Waals surface area contributed by atoms with E-state index in [1.54, 1.807) is 0 Å². The lowest BCUT2D eigenvalue weighted by molar-refractivity contribution is 0.0914. The molecule has 0 amide bonds. The fourth-order valence-electron chi connectivity index (χ4n) is 2.72. The number of nitrogens with one attached hydrogen (secondary N) is 1. The van der Waals surface area contributed by atoms with Crippen LogP contribution in [0.4, 0.5) is 4.39 Å². The van der Waals surface area contributed by atoms with E-state index < -0.39 is 5.82 Å². The summed E-state index contributed by atoms with van der Waals surface area (Å²) in [7, 11) is 1.91. The lowest BCUT2D eigenvalue weighted by Gasteiger charge is -2.36. The van der Waals surface area contributed by atoms with Crippen molar-refractivity contribution in [1.29, 1.82) is 0 Å². The van der Waals surface area contributed by atoms with Gasteiger partial charge in [0.05, 0.1) is 6.20 Å². The molecule has 1 heterocycles. The number of ketones is 1. The first-order chi connectivity index (χ1) is 8.65. The minimum atomic E-state index is -0.456. The standard InChI is InChI=1S/C14H19FN2O/c1-16-14(5-3-2-4-6-14)8-13(18)11-7-12(15)10-17-9-11/h7,9-10,16H,2-6,8H2,1H3. The molecule has 1 fully saturated rings. The van der Waals surface area contributed by atoms with E-state index in [1.807, 2.05) is 7.05 Å². The molecule has 1 aliphatic carbocycles. The van der Waals surface area contributed by atoms with Gasteiger partial charge in [-0.2, -0.15) is 0 Å². The van der Waals surface area contributed by atoms with Crippen LogP contribution in [0, 0.1) is 5.82 Å². The van der Waals surface area contributed by atoms with Crippen LogP contribution < -0.4 is 5.32 Å². The first-order valence-corrected chi connectivity index (χ1v) is 6.48. The Balaban J connectivity index is 2.10. The van der Waals surface area contributed by atoms with Crippen molar-refractivity contribution in [3.63, 3.8) is 0 Å². The van der Waals surface area contributed by atoms with Crippen molar-refractivity contribution in [2.75, 3.05) is 7.05 Å². The van der Waals surface area contributed by atoms with E-state index in [2.05, 4.69) is 10.3 Å². The first kappa shape index (κ1) is 13.1. The Morgan fingerprint density at radius 3 is 2.72 bits per heavy atom. The number of hydrogen-bond donors (Lipinski definition) is 1. The van der Waals surface area contributed by atoms with E-state index in [0.717, 1.165) is 31.9 Å². The van der Waals surface area contributed by atoms with Crippen molar-refractivity contribution in [1.82, 2.24) is 10.3 Å². The second kappa shape index (κ2) is 5.57. The van der Waals surface area contributed by atoms with E-state index in [1.165, 1.54) is 18.7 Å². The molecule has 0 aliphatic heterocycles. The van der Waals surface area contributed by atoms with Gasteiger partial charge in [0.1, 0.15) is 5.82 Å². The van der Waals surface area contributed by atoms with E-state index in [4.69, 9.17) is 0 Å². The number of Topliss-reactive ketones (excluding diaryl/α,β-unsaturated/α-hetero) is 1. The molecule has 98 valence electrons. The van der Waals surface area contributed by atoms with Crippen LogP contribution in [-0.4, -0.2) is 23.4 Å². The Morgan fingerprint density at radius 2 is 2.11 bits per heavy atom. The van der Waals surface area contributed by atoms with Gasteiger partial charge in [0.25, 0.3) is 0 Å². The molecule has 18 heavy (non-hydrogen) atoms. The van der Waals surface area contributed by atoms with Crippen molar-refractivity contribution in [3.8, 4) is 0 Å². The smallest absolute Gasteiger partial charge is 0.166 e. The molecule has 0 radical (unpaired) electrons. The molecule has 3 nitrogen and oxygen atoms in total. The molecular formula is C14H19FN2O. The number of nitrogens with zero attached hydrogens (tertiary/aromatic N) is 1. The highest BCUT2D eigenvalue weighted by Crippen LogP contribution is 2.31. The monoisotopic (exact) mass is 250 g/mol. The first-order valence-electron chi connectivity index (χ1n) is 6.48. The summed E-state index contributed by atoms with van der Waals surface area (Å²) in [4.78, 5) is 15.9. The maximum Gasteiger partial charge on any atom is 0.166 e. The summed E-state index contributed by atoms with van der Waals surface area (Å²) < 4.78 is 13.1. The van der Waals surface area contributed by atoms with Crippen LogP contribution in [0.3, 0.4) is 0 Å². The molecule has 1 N–H and O–H groups in total. The Kier molecular flexibility index (Phi) is 4.07. The third-order valence-electron chi connectivity index (χ3n) is 3.87. The quantitative estimate of drug-likeness (QED) is 0.835. The lowest BCUT2D eigenvalue weighted by atomic mass is 9.77. The van der Waals surface area contributed by atoms with Crippen LogP contribution in [-0.2, 0) is 0 Å². The second-order valence-electron chi connectivity index (χ2n) is 5.08. The Labute approximate surface area is 107 Å². The van der Waals surface area contributed by atoms with Gasteiger partial charge in [-0.25, -0.2) is 4.39 Å². The van der Waals surface area contributed by atoms with Crippen molar-refractivity contribution in [2.45, 2.75) is 44.1 Å². The molecule has 0 saturated heterocycles. The summed E-state index contributed by atoms with van der Waals surface area (Å²) in [5.74, 6) is -0.485. The highest BCUT2D eigenvalue weighted by Gasteiger charge is 2.32. The molecule has 1 aromatic heterocycles. The number of carbonyl (C=O) groups is 1. The Bertz CT molecular complexity index is 428. The molecule has 0 unspecified atom stereocenters. The van der Waals surface area contributed by atoms with Crippen LogP contribution >= 0.6 is 0 Å². The van der Waals surface area contributed by atoms with Gasteiger partial charge >= 0.3 is 0 Å². The average molecular weight is 250 g/mol. The van der Waals surface area contributed by atoms with Gasteiger partial charge in [-0.1, -0.05) is 19.3 Å². The average Bonchev–Trinajstić information content (AvgIpc) is 2.40. The van der Waals surface area contributed by atoms with Crippen molar-refractivity contribution >= 4 is 5.78 Å². The number of rotatable bonds is 4. The fourth-order valence-corrected chi connectivity index (χ4v) is 2.72. The SMILES string of the molecule is CNC1(CC(=O)c2cncc(F)c2)CCCCC1. The van der Waals surface area contributed by atoms with Gasteiger partial charge in [-0.15, -0.1) is 0 Å². The largest absolute Gasteiger partial charge is 0.314 e. The zero-order valence-electron chi connectivity index (χ0n) is 10.7. The van der Waals surface area contributed by atoms with Crippen molar-refractivity contribution in [2.24, 2.45) is 0 Å². The summed E-state index contributed by atoms with van der Waals surface area (Å²) in [5.41, 5.74) is 0.261. The third kappa shape index (κ3) is 2.93. The molecule has 1 saturated carbocycles. The minimum Gasteiger partial charge on any atom is -0.314 e. The van der Waals surface area contributed by atoms with Crippen molar-refractivity contribution in [3.05, 3.63) is 29.8 Å². The normalized spacial score (nSPS) is 18.6. The predicted octanol–water partition coefficient (Wildman–Crippen LogP) is 2.72. The molecule has 0 bridgehead atoms. The number of pyridine rings is 1. The summed E-state index contributed by atoms with van der Waals surface area (Å²) in [6.45, 7) is 0. The maximum absolute atomic E-state index is 13.1. The van der Waals surface area contributed by atoms with Crippen LogP contribution in [0.15, 0.2) is 18.5 Å². The van der Waals surface area contributed by atoms with Crippen LogP contribution in [0.5, 0.6) is 0 Å². The van der Waals surface area contributed by atoms with Gasteiger partial charge < -0.3 is 5.32 Å². The zero-order chi connectivity index (χ0) is 13.0. The molecule has 4 heteroatoms. The molecule has 1 aliphatic rings. The van der Waals surface area contributed by atoms with Crippen LogP contribution in [0.25, 0.3) is 0 Å².